The second-order valence-electron chi connectivity index (χ2n) is 5.48. The Morgan fingerprint density at radius 3 is 2.62 bits per heavy atom. The highest BCUT2D eigenvalue weighted by molar-refractivity contribution is 5.46. The maximum absolute atomic E-state index is 12.8. The van der Waals surface area contributed by atoms with Gasteiger partial charge in [-0.25, -0.2) is 0 Å². The average Bonchev–Trinajstić information content (AvgIpc) is 3.18. The Balaban J connectivity index is 1.96. The van der Waals surface area contributed by atoms with Crippen molar-refractivity contribution in [3.8, 4) is 0 Å². The minimum atomic E-state index is -4.62. The van der Waals surface area contributed by atoms with E-state index in [-0.39, 0.29) is 18.1 Å². The van der Waals surface area contributed by atoms with Gasteiger partial charge in [0, 0.05) is 0 Å². The molecular formula is C12H14F3N5O. The van der Waals surface area contributed by atoms with E-state index >= 15 is 0 Å². The number of hydrogen-bond acceptors (Lipinski definition) is 5. The number of rotatable bonds is 4. The van der Waals surface area contributed by atoms with Crippen molar-refractivity contribution < 1.29 is 18.3 Å². The van der Waals surface area contributed by atoms with Crippen molar-refractivity contribution in [2.24, 2.45) is 5.92 Å². The molecule has 1 saturated carbocycles. The number of alkyl halides is 3. The zero-order valence-electron chi connectivity index (χ0n) is 11.2. The number of halogens is 3. The minimum absolute atomic E-state index is 0.0185. The standard InChI is InChI=1S/C12H14F3N5O/c1-11(6-21,7-2-3-7)16-8-4-5-9-17-18-10(12(13,14)15)20(9)19-8/h4-5,7,21H,2-3,6H2,1H3,(H,16,19). The number of aliphatic hydroxyl groups is 1. The van der Waals surface area contributed by atoms with E-state index in [0.717, 1.165) is 12.8 Å². The van der Waals surface area contributed by atoms with E-state index in [4.69, 9.17) is 0 Å². The molecule has 1 unspecified atom stereocenters. The summed E-state index contributed by atoms with van der Waals surface area (Å²) in [5.41, 5.74) is -0.572. The maximum Gasteiger partial charge on any atom is 0.453 e. The summed E-state index contributed by atoms with van der Waals surface area (Å²) in [5.74, 6) is -0.627. The Bertz CT molecular complexity index is 666. The molecule has 1 aliphatic carbocycles. The summed E-state index contributed by atoms with van der Waals surface area (Å²) in [6.07, 6.45) is -2.67. The van der Waals surface area contributed by atoms with Gasteiger partial charge in [0.15, 0.2) is 5.65 Å². The third-order valence-corrected chi connectivity index (χ3v) is 3.74. The molecule has 0 spiro atoms. The molecule has 1 fully saturated rings. The third-order valence-electron chi connectivity index (χ3n) is 3.74. The number of aliphatic hydroxyl groups excluding tert-OH is 1. The lowest BCUT2D eigenvalue weighted by atomic mass is 9.97. The van der Waals surface area contributed by atoms with Crippen LogP contribution in [0.1, 0.15) is 25.6 Å². The van der Waals surface area contributed by atoms with E-state index in [1.165, 1.54) is 12.1 Å². The van der Waals surface area contributed by atoms with Gasteiger partial charge in [-0.2, -0.15) is 17.7 Å². The van der Waals surface area contributed by atoms with Crippen molar-refractivity contribution in [2.45, 2.75) is 31.5 Å². The van der Waals surface area contributed by atoms with E-state index in [9.17, 15) is 18.3 Å². The molecule has 1 atom stereocenters. The highest BCUT2D eigenvalue weighted by Crippen LogP contribution is 2.41. The summed E-state index contributed by atoms with van der Waals surface area (Å²) in [5, 5.41) is 23.0. The molecule has 2 N–H and O–H groups in total. The summed E-state index contributed by atoms with van der Waals surface area (Å²) in [6.45, 7) is 1.71. The van der Waals surface area contributed by atoms with Crippen molar-refractivity contribution in [3.63, 3.8) is 0 Å². The van der Waals surface area contributed by atoms with Crippen molar-refractivity contribution in [3.05, 3.63) is 18.0 Å². The second-order valence-corrected chi connectivity index (χ2v) is 5.48. The summed E-state index contributed by atoms with van der Waals surface area (Å²) >= 11 is 0. The molecule has 2 aromatic heterocycles. The van der Waals surface area contributed by atoms with Crippen LogP contribution < -0.4 is 5.32 Å². The SMILES string of the molecule is CC(CO)(Nc1ccc2nnc(C(F)(F)F)n2n1)C1CC1. The molecule has 0 aromatic carbocycles. The second kappa shape index (κ2) is 4.55. The summed E-state index contributed by atoms with van der Waals surface area (Å²) in [6, 6.07) is 2.93. The van der Waals surface area contributed by atoms with Gasteiger partial charge in [-0.15, -0.1) is 15.3 Å². The molecule has 0 aliphatic heterocycles. The highest BCUT2D eigenvalue weighted by atomic mass is 19.4. The lowest BCUT2D eigenvalue weighted by Crippen LogP contribution is -2.41. The fourth-order valence-corrected chi connectivity index (χ4v) is 2.32. The lowest BCUT2D eigenvalue weighted by molar-refractivity contribution is -0.146. The van der Waals surface area contributed by atoms with Gasteiger partial charge in [0.25, 0.3) is 5.82 Å². The predicted molar refractivity (Wildman–Crippen MR) is 67.6 cm³/mol. The quantitative estimate of drug-likeness (QED) is 0.899. The Hall–Kier alpha value is -1.90. The first-order chi connectivity index (χ1) is 9.83. The van der Waals surface area contributed by atoms with Gasteiger partial charge >= 0.3 is 6.18 Å². The van der Waals surface area contributed by atoms with Crippen LogP contribution in [-0.4, -0.2) is 37.1 Å². The van der Waals surface area contributed by atoms with Crippen molar-refractivity contribution in [1.29, 1.82) is 0 Å². The van der Waals surface area contributed by atoms with Gasteiger partial charge in [0.1, 0.15) is 5.82 Å². The van der Waals surface area contributed by atoms with Crippen LogP contribution in [0.5, 0.6) is 0 Å². The predicted octanol–water partition coefficient (Wildman–Crippen LogP) is 1.72. The van der Waals surface area contributed by atoms with Crippen LogP contribution in [0.4, 0.5) is 19.0 Å². The molecule has 0 radical (unpaired) electrons. The van der Waals surface area contributed by atoms with Gasteiger partial charge in [-0.3, -0.25) is 0 Å². The van der Waals surface area contributed by atoms with Gasteiger partial charge in [0.2, 0.25) is 0 Å². The molecule has 6 nitrogen and oxygen atoms in total. The largest absolute Gasteiger partial charge is 0.453 e. The molecule has 0 bridgehead atoms. The molecule has 1 aliphatic rings. The average molecular weight is 301 g/mol. The Morgan fingerprint density at radius 1 is 1.33 bits per heavy atom. The molecule has 2 aromatic rings. The van der Waals surface area contributed by atoms with E-state index < -0.39 is 17.5 Å². The fourth-order valence-electron chi connectivity index (χ4n) is 2.32. The zero-order valence-corrected chi connectivity index (χ0v) is 11.2. The summed E-state index contributed by atoms with van der Waals surface area (Å²) in [7, 11) is 0. The van der Waals surface area contributed by atoms with Gasteiger partial charge in [0.05, 0.1) is 12.1 Å². The Morgan fingerprint density at radius 2 is 2.05 bits per heavy atom. The lowest BCUT2D eigenvalue weighted by Gasteiger charge is -2.29. The molecule has 21 heavy (non-hydrogen) atoms. The van der Waals surface area contributed by atoms with E-state index in [1.54, 1.807) is 0 Å². The van der Waals surface area contributed by atoms with Gasteiger partial charge < -0.3 is 10.4 Å². The molecule has 0 saturated heterocycles. The fraction of sp³-hybridized carbons (Fsp3) is 0.583. The first kappa shape index (κ1) is 14.1. The van der Waals surface area contributed by atoms with Crippen LogP contribution in [0.25, 0.3) is 5.65 Å². The van der Waals surface area contributed by atoms with E-state index in [2.05, 4.69) is 20.6 Å². The summed E-state index contributed by atoms with van der Waals surface area (Å²) in [4.78, 5) is 0. The third kappa shape index (κ3) is 2.53. The maximum atomic E-state index is 12.8. The highest BCUT2D eigenvalue weighted by Gasteiger charge is 2.42. The molecule has 0 amide bonds. The molecule has 2 heterocycles. The topological polar surface area (TPSA) is 75.3 Å². The molecule has 114 valence electrons. The van der Waals surface area contributed by atoms with Crippen LogP contribution in [0.2, 0.25) is 0 Å². The van der Waals surface area contributed by atoms with Gasteiger partial charge in [-0.1, -0.05) is 0 Å². The minimum Gasteiger partial charge on any atom is -0.394 e. The normalized spacial score (nSPS) is 18.7. The number of aromatic nitrogens is 4. The van der Waals surface area contributed by atoms with Crippen molar-refractivity contribution in [2.75, 3.05) is 11.9 Å². The van der Waals surface area contributed by atoms with Crippen LogP contribution in [-0.2, 0) is 6.18 Å². The van der Waals surface area contributed by atoms with E-state index in [0.29, 0.717) is 10.4 Å². The first-order valence-corrected chi connectivity index (χ1v) is 6.52. The van der Waals surface area contributed by atoms with E-state index in [1.807, 2.05) is 6.92 Å². The monoisotopic (exact) mass is 301 g/mol. The molecule has 9 heteroatoms. The van der Waals surface area contributed by atoms with Crippen molar-refractivity contribution in [1.82, 2.24) is 19.8 Å². The smallest absolute Gasteiger partial charge is 0.394 e. The van der Waals surface area contributed by atoms with Crippen LogP contribution >= 0.6 is 0 Å². The molecule has 3 rings (SSSR count). The zero-order chi connectivity index (χ0) is 15.3. The van der Waals surface area contributed by atoms with Crippen LogP contribution in [0.15, 0.2) is 12.1 Å². The Labute approximate surface area is 118 Å². The van der Waals surface area contributed by atoms with Gasteiger partial charge in [-0.05, 0) is 37.8 Å². The number of nitrogens with zero attached hydrogens (tertiary/aromatic N) is 4. The Kier molecular flexibility index (Phi) is 3.05. The van der Waals surface area contributed by atoms with Crippen molar-refractivity contribution >= 4 is 11.5 Å². The number of hydrogen-bond donors (Lipinski definition) is 2. The van der Waals surface area contributed by atoms with Crippen LogP contribution in [0, 0.1) is 5.92 Å². The number of fused-ring (bicyclic) bond motifs is 1. The van der Waals surface area contributed by atoms with Crippen LogP contribution in [0.3, 0.4) is 0 Å². The molecular weight excluding hydrogens is 287 g/mol. The summed E-state index contributed by atoms with van der Waals surface area (Å²) < 4.78 is 39.1. The first-order valence-electron chi connectivity index (χ1n) is 6.52. The number of anilines is 1. The number of nitrogens with one attached hydrogen (secondary N) is 1.